The summed E-state index contributed by atoms with van der Waals surface area (Å²) in [5.74, 6) is 0.122. The van der Waals surface area contributed by atoms with Gasteiger partial charge in [0.05, 0.1) is 4.91 Å². The van der Waals surface area contributed by atoms with Crippen molar-refractivity contribution in [2.45, 2.75) is 13.3 Å². The molecule has 1 aliphatic rings. The van der Waals surface area contributed by atoms with Crippen molar-refractivity contribution >= 4 is 16.3 Å². The van der Waals surface area contributed by atoms with Crippen LogP contribution in [-0.2, 0) is 10.1 Å². The van der Waals surface area contributed by atoms with Gasteiger partial charge in [-0.3, -0.25) is 9.55 Å². The SMILES string of the molecule is C=C1/C=C\N=CC(C)CC=C1S(=O)(=O)O. The average molecular weight is 227 g/mol. The molecule has 0 aromatic heterocycles. The lowest BCUT2D eigenvalue weighted by Gasteiger charge is -2.04. The van der Waals surface area contributed by atoms with Crippen LogP contribution in [0.5, 0.6) is 0 Å². The molecular formula is C10H13NO3S. The molecular weight excluding hydrogens is 214 g/mol. The van der Waals surface area contributed by atoms with Gasteiger partial charge in [0, 0.05) is 12.4 Å². The highest BCUT2D eigenvalue weighted by atomic mass is 32.2. The van der Waals surface area contributed by atoms with Crippen LogP contribution >= 0.6 is 0 Å². The molecule has 0 fully saturated rings. The molecule has 1 N–H and O–H groups in total. The van der Waals surface area contributed by atoms with Crippen LogP contribution in [0.4, 0.5) is 0 Å². The molecule has 0 aliphatic carbocycles. The predicted molar refractivity (Wildman–Crippen MR) is 60.2 cm³/mol. The fourth-order valence-corrected chi connectivity index (χ4v) is 1.87. The topological polar surface area (TPSA) is 66.7 Å². The van der Waals surface area contributed by atoms with Gasteiger partial charge in [0.15, 0.2) is 0 Å². The van der Waals surface area contributed by atoms with Crippen LogP contribution in [0.1, 0.15) is 13.3 Å². The minimum atomic E-state index is -4.20. The number of hydrogen-bond donors (Lipinski definition) is 1. The zero-order valence-electron chi connectivity index (χ0n) is 8.42. The molecule has 82 valence electrons. The van der Waals surface area contributed by atoms with E-state index in [-0.39, 0.29) is 16.4 Å². The molecule has 0 radical (unpaired) electrons. The Kier molecular flexibility index (Phi) is 3.60. The maximum atomic E-state index is 11.0. The highest BCUT2D eigenvalue weighted by molar-refractivity contribution is 7.90. The standard InChI is InChI=1S/C10H13NO3S/c1-8-3-4-10(15(12,13)14)9(2)5-6-11-7-8/h4-8H,2-3H2,1H3,(H,12,13,14)/b6-5-,10-4?,11-7?. The van der Waals surface area contributed by atoms with Crippen LogP contribution in [0.25, 0.3) is 0 Å². The minimum absolute atomic E-state index is 0.122. The Balaban J connectivity index is 3.14. The normalized spacial score (nSPS) is 25.1. The van der Waals surface area contributed by atoms with Gasteiger partial charge in [0.1, 0.15) is 0 Å². The van der Waals surface area contributed by atoms with Crippen molar-refractivity contribution in [3.63, 3.8) is 0 Å². The number of hydrogen-bond acceptors (Lipinski definition) is 3. The summed E-state index contributed by atoms with van der Waals surface area (Å²) in [6.07, 6.45) is 6.59. The summed E-state index contributed by atoms with van der Waals surface area (Å²) in [5.41, 5.74) is 0.240. The third-order valence-corrected chi connectivity index (χ3v) is 2.96. The first-order valence-electron chi connectivity index (χ1n) is 4.48. The van der Waals surface area contributed by atoms with Gasteiger partial charge in [-0.1, -0.05) is 19.6 Å². The molecule has 1 heterocycles. The third-order valence-electron chi connectivity index (χ3n) is 1.97. The summed E-state index contributed by atoms with van der Waals surface area (Å²) in [5, 5.41) is 0. The fraction of sp³-hybridized carbons (Fsp3) is 0.300. The van der Waals surface area contributed by atoms with E-state index in [1.54, 1.807) is 6.21 Å². The largest absolute Gasteiger partial charge is 0.294 e. The second-order valence-corrected chi connectivity index (χ2v) is 4.79. The molecule has 0 amide bonds. The molecule has 0 saturated carbocycles. The second-order valence-electron chi connectivity index (χ2n) is 3.40. The maximum Gasteiger partial charge on any atom is 0.294 e. The third kappa shape index (κ3) is 3.45. The number of rotatable bonds is 1. The summed E-state index contributed by atoms with van der Waals surface area (Å²) in [7, 11) is -4.20. The first kappa shape index (κ1) is 11.9. The second kappa shape index (κ2) is 4.55. The monoisotopic (exact) mass is 227 g/mol. The van der Waals surface area contributed by atoms with Crippen molar-refractivity contribution in [1.29, 1.82) is 0 Å². The molecule has 1 aliphatic heterocycles. The van der Waals surface area contributed by atoms with Crippen LogP contribution in [-0.4, -0.2) is 19.2 Å². The molecule has 0 saturated heterocycles. The zero-order valence-corrected chi connectivity index (χ0v) is 9.24. The van der Waals surface area contributed by atoms with Crippen molar-refractivity contribution in [2.75, 3.05) is 0 Å². The molecule has 0 bridgehead atoms. The minimum Gasteiger partial charge on any atom is -0.282 e. The van der Waals surface area contributed by atoms with E-state index in [2.05, 4.69) is 11.6 Å². The molecule has 1 atom stereocenters. The van der Waals surface area contributed by atoms with Crippen molar-refractivity contribution in [2.24, 2.45) is 10.9 Å². The van der Waals surface area contributed by atoms with Gasteiger partial charge >= 0.3 is 0 Å². The molecule has 0 spiro atoms. The zero-order chi connectivity index (χ0) is 11.5. The summed E-state index contributed by atoms with van der Waals surface area (Å²) >= 11 is 0. The predicted octanol–water partition coefficient (Wildman–Crippen LogP) is 1.94. The van der Waals surface area contributed by atoms with E-state index >= 15 is 0 Å². The highest BCUT2D eigenvalue weighted by Crippen LogP contribution is 2.19. The van der Waals surface area contributed by atoms with E-state index in [0.29, 0.717) is 6.42 Å². The van der Waals surface area contributed by atoms with E-state index in [1.807, 2.05) is 6.92 Å². The summed E-state index contributed by atoms with van der Waals surface area (Å²) < 4.78 is 31.0. The molecule has 5 heteroatoms. The lowest BCUT2D eigenvalue weighted by Crippen LogP contribution is -2.04. The van der Waals surface area contributed by atoms with Gasteiger partial charge in [-0.15, -0.1) is 0 Å². The van der Waals surface area contributed by atoms with Gasteiger partial charge in [0.25, 0.3) is 10.1 Å². The molecule has 0 aromatic rings. The van der Waals surface area contributed by atoms with Crippen LogP contribution < -0.4 is 0 Å². The van der Waals surface area contributed by atoms with Crippen LogP contribution in [0, 0.1) is 5.92 Å². The van der Waals surface area contributed by atoms with E-state index in [1.165, 1.54) is 18.4 Å². The van der Waals surface area contributed by atoms with Crippen molar-refractivity contribution in [3.8, 4) is 0 Å². The first-order valence-corrected chi connectivity index (χ1v) is 5.92. The Morgan fingerprint density at radius 3 is 2.87 bits per heavy atom. The molecule has 1 rings (SSSR count). The summed E-state index contributed by atoms with van der Waals surface area (Å²) in [6, 6.07) is 0. The van der Waals surface area contributed by atoms with Crippen LogP contribution in [0.15, 0.2) is 40.4 Å². The fourth-order valence-electron chi connectivity index (χ4n) is 1.17. The van der Waals surface area contributed by atoms with Crippen molar-refractivity contribution < 1.29 is 13.0 Å². The van der Waals surface area contributed by atoms with Gasteiger partial charge < -0.3 is 0 Å². The number of allylic oxidation sites excluding steroid dienone is 3. The van der Waals surface area contributed by atoms with Gasteiger partial charge in [-0.2, -0.15) is 8.42 Å². The van der Waals surface area contributed by atoms with Gasteiger partial charge in [-0.25, -0.2) is 0 Å². The Hall–Kier alpha value is -1.20. The van der Waals surface area contributed by atoms with Crippen molar-refractivity contribution in [3.05, 3.63) is 35.4 Å². The van der Waals surface area contributed by atoms with E-state index in [0.717, 1.165) is 0 Å². The molecule has 1 unspecified atom stereocenters. The first-order chi connectivity index (χ1) is 6.91. The smallest absolute Gasteiger partial charge is 0.282 e. The number of aliphatic imine (C=N–C) groups is 1. The Morgan fingerprint density at radius 2 is 2.27 bits per heavy atom. The Bertz CT molecular complexity index is 443. The summed E-state index contributed by atoms with van der Waals surface area (Å²) in [6.45, 7) is 5.47. The molecule has 4 nitrogen and oxygen atoms in total. The molecule has 15 heavy (non-hydrogen) atoms. The van der Waals surface area contributed by atoms with Crippen LogP contribution in [0.2, 0.25) is 0 Å². The lowest BCUT2D eigenvalue weighted by molar-refractivity contribution is 0.491. The lowest BCUT2D eigenvalue weighted by atomic mass is 10.1. The quantitative estimate of drug-likeness (QED) is 0.696. The maximum absolute atomic E-state index is 11.0. The average Bonchev–Trinajstić information content (AvgIpc) is 2.16. The van der Waals surface area contributed by atoms with Gasteiger partial charge in [0.2, 0.25) is 0 Å². The van der Waals surface area contributed by atoms with E-state index < -0.39 is 10.1 Å². The van der Waals surface area contributed by atoms with E-state index in [9.17, 15) is 8.42 Å². The van der Waals surface area contributed by atoms with E-state index in [4.69, 9.17) is 4.55 Å². The Morgan fingerprint density at radius 1 is 1.60 bits per heavy atom. The Labute approximate surface area is 89.5 Å². The van der Waals surface area contributed by atoms with Gasteiger partial charge in [-0.05, 0) is 24.0 Å². The van der Waals surface area contributed by atoms with Crippen molar-refractivity contribution in [1.82, 2.24) is 0 Å². The highest BCUT2D eigenvalue weighted by Gasteiger charge is 2.16. The van der Waals surface area contributed by atoms with Crippen LogP contribution in [0.3, 0.4) is 0 Å². The molecule has 0 aromatic carbocycles. The summed E-state index contributed by atoms with van der Waals surface area (Å²) in [4.78, 5) is 3.82. The number of nitrogens with zero attached hydrogens (tertiary/aromatic N) is 1.